The van der Waals surface area contributed by atoms with Gasteiger partial charge in [-0.1, -0.05) is 32.0 Å². The number of benzene rings is 2. The lowest BCUT2D eigenvalue weighted by Crippen LogP contribution is -2.23. The molecule has 2 aromatic carbocycles. The van der Waals surface area contributed by atoms with Gasteiger partial charge in [0.2, 0.25) is 0 Å². The van der Waals surface area contributed by atoms with Gasteiger partial charge in [0.1, 0.15) is 12.3 Å². The number of allylic oxidation sites excluding steroid dienone is 1. The molecule has 3 aromatic rings. The van der Waals surface area contributed by atoms with Crippen LogP contribution in [0.1, 0.15) is 68.7 Å². The summed E-state index contributed by atoms with van der Waals surface area (Å²) in [6, 6.07) is 10.9. The minimum absolute atomic E-state index is 0.0861. The number of aromatic nitrogens is 1. The maximum Gasteiger partial charge on any atom is 0.419 e. The van der Waals surface area contributed by atoms with Gasteiger partial charge in [-0.25, -0.2) is 0 Å². The van der Waals surface area contributed by atoms with Crippen LogP contribution in [-0.2, 0) is 22.3 Å². The zero-order valence-electron chi connectivity index (χ0n) is 22.7. The number of alkyl halides is 6. The summed E-state index contributed by atoms with van der Waals surface area (Å²) in [6.45, 7) is 4.37. The average molecular weight is 584 g/mol. The van der Waals surface area contributed by atoms with E-state index in [1.54, 1.807) is 10.8 Å². The predicted molar refractivity (Wildman–Crippen MR) is 141 cm³/mol. The minimum atomic E-state index is -4.87. The monoisotopic (exact) mass is 583 g/mol. The summed E-state index contributed by atoms with van der Waals surface area (Å²) >= 11 is 0. The van der Waals surface area contributed by atoms with Crippen LogP contribution in [0.15, 0.2) is 60.5 Å². The Labute approximate surface area is 233 Å². The van der Waals surface area contributed by atoms with E-state index >= 15 is 0 Å². The summed E-state index contributed by atoms with van der Waals surface area (Å²) in [5.74, 6) is -1.94. The van der Waals surface area contributed by atoms with Crippen LogP contribution in [0.2, 0.25) is 0 Å². The van der Waals surface area contributed by atoms with Crippen molar-refractivity contribution in [2.45, 2.75) is 77.1 Å². The van der Waals surface area contributed by atoms with Crippen molar-refractivity contribution in [2.75, 3.05) is 0 Å². The second kappa shape index (κ2) is 11.8. The number of nitrogens with zero attached hydrogens (tertiary/aromatic N) is 1. The maximum atomic E-state index is 14.0. The molecule has 1 aliphatic heterocycles. The normalized spacial score (nSPS) is 22.5. The number of carbonyl (C=O) groups is 1. The number of hydrogen-bond acceptors (Lipinski definition) is 3. The number of halogens is 6. The van der Waals surface area contributed by atoms with Gasteiger partial charge in [-0.15, -0.1) is 0 Å². The van der Waals surface area contributed by atoms with E-state index in [0.717, 1.165) is 28.6 Å². The maximum absolute atomic E-state index is 14.0. The van der Waals surface area contributed by atoms with Gasteiger partial charge in [0.05, 0.1) is 29.6 Å². The number of carboxylic acid groups (broad SMARTS) is 1. The van der Waals surface area contributed by atoms with E-state index in [-0.39, 0.29) is 36.3 Å². The van der Waals surface area contributed by atoms with Gasteiger partial charge in [0, 0.05) is 23.0 Å². The van der Waals surface area contributed by atoms with Gasteiger partial charge in [0.15, 0.2) is 0 Å². The third kappa shape index (κ3) is 6.72. The second-order valence-electron chi connectivity index (χ2n) is 10.5. The van der Waals surface area contributed by atoms with Gasteiger partial charge in [-0.3, -0.25) is 4.79 Å². The van der Waals surface area contributed by atoms with E-state index in [0.29, 0.717) is 26.2 Å². The standard InChI is InChI=1S/C30H31F6NO4/c1-4-25-22(20-6-5-7-24-21(20)12-13-37(24)15-27(38)39)10-8-17(2)28(41-25)19-9-11-26(23(14-19)30(34,35)36)40-16-18(3)29(31,32)33/h5-7,9,11-14,16-17,22,25,28H,4,8,10,15H2,1-3H3,(H,38,39)/b18-16-. The fourth-order valence-corrected chi connectivity index (χ4v) is 5.46. The molecule has 5 nitrogen and oxygen atoms in total. The van der Waals surface area contributed by atoms with Gasteiger partial charge in [-0.05, 0) is 67.5 Å². The number of carboxylic acids is 1. The lowest BCUT2D eigenvalue weighted by atomic mass is 9.84. The number of ether oxygens (including phenoxy) is 2. The second-order valence-corrected chi connectivity index (χ2v) is 10.5. The summed E-state index contributed by atoms with van der Waals surface area (Å²) < 4.78 is 93.5. The molecule has 4 unspecified atom stereocenters. The predicted octanol–water partition coefficient (Wildman–Crippen LogP) is 8.64. The number of rotatable bonds is 7. The summed E-state index contributed by atoms with van der Waals surface area (Å²) in [4.78, 5) is 11.3. The third-order valence-corrected chi connectivity index (χ3v) is 7.62. The highest BCUT2D eigenvalue weighted by atomic mass is 19.4. The fraction of sp³-hybridized carbons (Fsp3) is 0.433. The van der Waals surface area contributed by atoms with E-state index in [4.69, 9.17) is 9.47 Å². The molecule has 1 saturated heterocycles. The Kier molecular flexibility index (Phi) is 8.77. The van der Waals surface area contributed by atoms with Crippen molar-refractivity contribution in [3.63, 3.8) is 0 Å². The Balaban J connectivity index is 1.67. The van der Waals surface area contributed by atoms with E-state index in [9.17, 15) is 36.2 Å². The highest BCUT2D eigenvalue weighted by Crippen LogP contribution is 2.46. The summed E-state index contributed by atoms with van der Waals surface area (Å²) in [6.07, 6.45) is -6.71. The van der Waals surface area contributed by atoms with Crippen LogP contribution in [0, 0.1) is 5.92 Å². The summed E-state index contributed by atoms with van der Waals surface area (Å²) in [5, 5.41) is 10.2. The van der Waals surface area contributed by atoms with Crippen molar-refractivity contribution in [1.29, 1.82) is 0 Å². The zero-order chi connectivity index (χ0) is 30.1. The molecule has 4 rings (SSSR count). The van der Waals surface area contributed by atoms with Crippen LogP contribution in [-0.4, -0.2) is 27.9 Å². The first kappa shape index (κ1) is 30.5. The molecule has 2 heterocycles. The molecule has 1 N–H and O–H groups in total. The molecule has 11 heteroatoms. The van der Waals surface area contributed by atoms with E-state index in [1.807, 2.05) is 38.1 Å². The molecule has 0 bridgehead atoms. The van der Waals surface area contributed by atoms with Gasteiger partial charge >= 0.3 is 18.3 Å². The lowest BCUT2D eigenvalue weighted by Gasteiger charge is -2.29. The molecule has 1 aliphatic rings. The Morgan fingerprint density at radius 1 is 1.12 bits per heavy atom. The SMILES string of the molecule is CCC1OC(c2ccc(O/C=C(/C)C(F)(F)F)c(C(F)(F)F)c2)C(C)CCC1c1cccc2c1ccn2CC(=O)O. The van der Waals surface area contributed by atoms with E-state index in [2.05, 4.69) is 0 Å². The first-order valence-electron chi connectivity index (χ1n) is 13.3. The number of hydrogen-bond donors (Lipinski definition) is 1. The van der Waals surface area contributed by atoms with Crippen LogP contribution in [0.3, 0.4) is 0 Å². The third-order valence-electron chi connectivity index (χ3n) is 7.62. The highest BCUT2D eigenvalue weighted by Gasteiger charge is 2.39. The van der Waals surface area contributed by atoms with E-state index < -0.39 is 41.3 Å². The van der Waals surface area contributed by atoms with E-state index in [1.165, 1.54) is 6.07 Å². The average Bonchev–Trinajstić information content (AvgIpc) is 3.21. The molecule has 1 aromatic heterocycles. The Hall–Kier alpha value is -3.47. The molecule has 0 amide bonds. The van der Waals surface area contributed by atoms with Crippen LogP contribution in [0.5, 0.6) is 5.75 Å². The quantitative estimate of drug-likeness (QED) is 0.223. The lowest BCUT2D eigenvalue weighted by molar-refractivity contribution is -0.139. The Bertz CT molecular complexity index is 1420. The first-order valence-corrected chi connectivity index (χ1v) is 13.3. The van der Waals surface area contributed by atoms with Crippen molar-refractivity contribution in [3.05, 3.63) is 77.2 Å². The van der Waals surface area contributed by atoms with Gasteiger partial charge < -0.3 is 19.1 Å². The zero-order valence-corrected chi connectivity index (χ0v) is 22.7. The molecular formula is C30H31F6NO4. The minimum Gasteiger partial charge on any atom is -0.480 e. The molecule has 1 fully saturated rings. The number of aliphatic carboxylic acids is 1. The molecular weight excluding hydrogens is 552 g/mol. The van der Waals surface area contributed by atoms with Gasteiger partial charge in [0.25, 0.3) is 0 Å². The van der Waals surface area contributed by atoms with Crippen molar-refractivity contribution < 1.29 is 45.7 Å². The summed E-state index contributed by atoms with van der Waals surface area (Å²) in [5.41, 5.74) is -0.332. The first-order chi connectivity index (χ1) is 19.2. The van der Waals surface area contributed by atoms with Crippen LogP contribution < -0.4 is 4.74 Å². The van der Waals surface area contributed by atoms with Crippen molar-refractivity contribution >= 4 is 16.9 Å². The molecule has 41 heavy (non-hydrogen) atoms. The smallest absolute Gasteiger partial charge is 0.419 e. The fourth-order valence-electron chi connectivity index (χ4n) is 5.46. The molecule has 4 atom stereocenters. The Morgan fingerprint density at radius 2 is 1.85 bits per heavy atom. The molecule has 0 spiro atoms. The number of fused-ring (bicyclic) bond motifs is 1. The Morgan fingerprint density at radius 3 is 2.49 bits per heavy atom. The topological polar surface area (TPSA) is 60.7 Å². The van der Waals surface area contributed by atoms with Crippen LogP contribution >= 0.6 is 0 Å². The largest absolute Gasteiger partial charge is 0.480 e. The summed E-state index contributed by atoms with van der Waals surface area (Å²) in [7, 11) is 0. The van der Waals surface area contributed by atoms with Crippen molar-refractivity contribution in [1.82, 2.24) is 4.57 Å². The highest BCUT2D eigenvalue weighted by molar-refractivity contribution is 5.85. The molecule has 0 aliphatic carbocycles. The van der Waals surface area contributed by atoms with Crippen LogP contribution in [0.25, 0.3) is 10.9 Å². The molecule has 222 valence electrons. The molecule has 0 saturated carbocycles. The van der Waals surface area contributed by atoms with Gasteiger partial charge in [-0.2, -0.15) is 26.3 Å². The molecule has 0 radical (unpaired) electrons. The van der Waals surface area contributed by atoms with Crippen molar-refractivity contribution in [2.24, 2.45) is 5.92 Å². The van der Waals surface area contributed by atoms with Crippen LogP contribution in [0.4, 0.5) is 26.3 Å². The van der Waals surface area contributed by atoms with Crippen molar-refractivity contribution in [3.8, 4) is 5.75 Å².